The number of nitrogens with zero attached hydrogens (tertiary/aromatic N) is 1. The summed E-state index contributed by atoms with van der Waals surface area (Å²) < 4.78 is 10.3. The molecule has 0 aliphatic carbocycles. The fourth-order valence-corrected chi connectivity index (χ4v) is 2.94. The third-order valence-corrected chi connectivity index (χ3v) is 4.25. The first kappa shape index (κ1) is 17.1. The first-order chi connectivity index (χ1) is 11.1. The fourth-order valence-electron chi connectivity index (χ4n) is 2.10. The van der Waals surface area contributed by atoms with Gasteiger partial charge in [0.2, 0.25) is 6.54 Å². The number of carbonyl (C=O) groups is 1. The molecule has 0 saturated heterocycles. The minimum Gasteiger partial charge on any atom is -0.497 e. The second kappa shape index (κ2) is 8.38. The van der Waals surface area contributed by atoms with Gasteiger partial charge in [-0.2, -0.15) is 0 Å². The number of nitro groups is 1. The molecule has 1 aromatic carbocycles. The monoisotopic (exact) mass is 335 g/mol. The van der Waals surface area contributed by atoms with Crippen LogP contribution >= 0.6 is 11.8 Å². The predicted molar refractivity (Wildman–Crippen MR) is 87.2 cm³/mol. The van der Waals surface area contributed by atoms with E-state index >= 15 is 0 Å². The average Bonchev–Trinajstić information content (AvgIpc) is 3.07. The first-order valence-corrected chi connectivity index (χ1v) is 8.01. The highest BCUT2D eigenvalue weighted by Crippen LogP contribution is 2.25. The number of rotatable bonds is 8. The number of furan rings is 1. The molecule has 0 N–H and O–H groups in total. The van der Waals surface area contributed by atoms with Gasteiger partial charge in [0.15, 0.2) is 5.12 Å². The largest absolute Gasteiger partial charge is 0.497 e. The van der Waals surface area contributed by atoms with E-state index in [1.54, 1.807) is 19.2 Å². The molecule has 0 saturated carbocycles. The van der Waals surface area contributed by atoms with E-state index in [-0.39, 0.29) is 18.1 Å². The lowest BCUT2D eigenvalue weighted by molar-refractivity contribution is -0.483. The number of thioether (sulfide) groups is 1. The maximum absolute atomic E-state index is 12.1. The molecule has 0 aliphatic rings. The summed E-state index contributed by atoms with van der Waals surface area (Å²) in [5.41, 5.74) is 0.993. The summed E-state index contributed by atoms with van der Waals surface area (Å²) >= 11 is 1.15. The van der Waals surface area contributed by atoms with Crippen molar-refractivity contribution in [3.05, 3.63) is 64.1 Å². The summed E-state index contributed by atoms with van der Waals surface area (Å²) in [6, 6.07) is 10.8. The van der Waals surface area contributed by atoms with Crippen LogP contribution in [0.4, 0.5) is 0 Å². The standard InChI is InChI=1S/C16H17NO5S/c1-21-14-6-4-12(5-7-14)11-23-16(18)9-13(10-17(19)20)15-3-2-8-22-15/h2-8,13H,9-11H2,1H3/t13-/m1/s1. The summed E-state index contributed by atoms with van der Waals surface area (Å²) in [7, 11) is 1.59. The van der Waals surface area contributed by atoms with Crippen LogP contribution in [0.1, 0.15) is 23.7 Å². The third-order valence-electron chi connectivity index (χ3n) is 3.29. The van der Waals surface area contributed by atoms with Crippen molar-refractivity contribution in [1.82, 2.24) is 0 Å². The zero-order valence-electron chi connectivity index (χ0n) is 12.6. The Balaban J connectivity index is 1.89. The Morgan fingerprint density at radius 3 is 2.65 bits per heavy atom. The molecule has 0 radical (unpaired) electrons. The SMILES string of the molecule is COc1ccc(CSC(=O)C[C@H](C[N+](=O)[O-])c2ccco2)cc1. The lowest BCUT2D eigenvalue weighted by atomic mass is 10.0. The second-order valence-electron chi connectivity index (χ2n) is 4.94. The Morgan fingerprint density at radius 1 is 1.35 bits per heavy atom. The topological polar surface area (TPSA) is 82.6 Å². The van der Waals surface area contributed by atoms with Gasteiger partial charge in [-0.1, -0.05) is 23.9 Å². The molecule has 23 heavy (non-hydrogen) atoms. The highest BCUT2D eigenvalue weighted by atomic mass is 32.2. The summed E-state index contributed by atoms with van der Waals surface area (Å²) in [6.45, 7) is -0.317. The van der Waals surface area contributed by atoms with Crippen molar-refractivity contribution < 1.29 is 18.9 Å². The smallest absolute Gasteiger partial charge is 0.214 e. The molecule has 1 aromatic heterocycles. The summed E-state index contributed by atoms with van der Waals surface area (Å²) in [4.78, 5) is 22.4. The normalized spacial score (nSPS) is 11.9. The van der Waals surface area contributed by atoms with Gasteiger partial charge in [-0.05, 0) is 29.8 Å². The number of benzene rings is 1. The highest BCUT2D eigenvalue weighted by Gasteiger charge is 2.24. The number of carbonyl (C=O) groups excluding carboxylic acids is 1. The second-order valence-corrected chi connectivity index (χ2v) is 5.97. The van der Waals surface area contributed by atoms with Crippen molar-refractivity contribution in [3.63, 3.8) is 0 Å². The van der Waals surface area contributed by atoms with Crippen molar-refractivity contribution in [2.24, 2.45) is 0 Å². The summed E-state index contributed by atoms with van der Waals surface area (Å²) in [6.07, 6.45) is 1.53. The molecular formula is C16H17NO5S. The molecule has 7 heteroatoms. The Hall–Kier alpha value is -2.28. The van der Waals surface area contributed by atoms with E-state index in [0.717, 1.165) is 23.1 Å². The fraction of sp³-hybridized carbons (Fsp3) is 0.312. The zero-order valence-corrected chi connectivity index (χ0v) is 13.5. The van der Waals surface area contributed by atoms with Gasteiger partial charge in [0.1, 0.15) is 11.5 Å². The maximum Gasteiger partial charge on any atom is 0.214 e. The molecule has 2 aromatic rings. The molecular weight excluding hydrogens is 318 g/mol. The van der Waals surface area contributed by atoms with Crippen molar-refractivity contribution in [2.75, 3.05) is 13.7 Å². The predicted octanol–water partition coefficient (Wildman–Crippen LogP) is 3.50. The maximum atomic E-state index is 12.1. The van der Waals surface area contributed by atoms with Gasteiger partial charge in [-0.25, -0.2) is 0 Å². The summed E-state index contributed by atoms with van der Waals surface area (Å²) in [5, 5.41) is 10.7. The minimum atomic E-state index is -0.532. The van der Waals surface area contributed by atoms with Crippen molar-refractivity contribution in [2.45, 2.75) is 18.1 Å². The van der Waals surface area contributed by atoms with Gasteiger partial charge in [0, 0.05) is 17.1 Å². The Kier molecular flexibility index (Phi) is 6.22. The van der Waals surface area contributed by atoms with Gasteiger partial charge in [0.25, 0.3) is 0 Å². The first-order valence-electron chi connectivity index (χ1n) is 7.02. The highest BCUT2D eigenvalue weighted by molar-refractivity contribution is 8.12. The van der Waals surface area contributed by atoms with Crippen LogP contribution in [-0.4, -0.2) is 23.7 Å². The van der Waals surface area contributed by atoms with Crippen LogP contribution in [0.5, 0.6) is 5.75 Å². The lowest BCUT2D eigenvalue weighted by Gasteiger charge is -2.09. The Labute approximate surface area is 138 Å². The van der Waals surface area contributed by atoms with Crippen LogP contribution in [0.15, 0.2) is 47.1 Å². The third kappa shape index (κ3) is 5.45. The van der Waals surface area contributed by atoms with Crippen LogP contribution in [0.3, 0.4) is 0 Å². The Bertz CT molecular complexity index is 639. The van der Waals surface area contributed by atoms with Gasteiger partial charge < -0.3 is 9.15 Å². The minimum absolute atomic E-state index is 0.0787. The van der Waals surface area contributed by atoms with E-state index in [1.807, 2.05) is 24.3 Å². The molecule has 0 amide bonds. The van der Waals surface area contributed by atoms with Gasteiger partial charge in [0.05, 0.1) is 19.3 Å². The lowest BCUT2D eigenvalue weighted by Crippen LogP contribution is -2.15. The number of hydrogen-bond donors (Lipinski definition) is 0. The van der Waals surface area contributed by atoms with Crippen LogP contribution < -0.4 is 4.74 Å². The molecule has 0 fully saturated rings. The van der Waals surface area contributed by atoms with Crippen LogP contribution in [0, 0.1) is 10.1 Å². The van der Waals surface area contributed by atoms with Crippen LogP contribution in [0.25, 0.3) is 0 Å². The van der Waals surface area contributed by atoms with E-state index in [2.05, 4.69) is 0 Å². The molecule has 0 spiro atoms. The molecule has 6 nitrogen and oxygen atoms in total. The van der Waals surface area contributed by atoms with E-state index in [4.69, 9.17) is 9.15 Å². The van der Waals surface area contributed by atoms with Gasteiger partial charge in [-0.15, -0.1) is 0 Å². The number of ether oxygens (including phenoxy) is 1. The van der Waals surface area contributed by atoms with Crippen molar-refractivity contribution in [1.29, 1.82) is 0 Å². The molecule has 0 unspecified atom stereocenters. The molecule has 2 rings (SSSR count). The van der Waals surface area contributed by atoms with Gasteiger partial charge in [-0.3, -0.25) is 14.9 Å². The molecule has 1 atom stereocenters. The zero-order chi connectivity index (χ0) is 16.7. The van der Waals surface area contributed by atoms with Crippen molar-refractivity contribution >= 4 is 16.9 Å². The van der Waals surface area contributed by atoms with E-state index < -0.39 is 10.8 Å². The van der Waals surface area contributed by atoms with Crippen LogP contribution in [0.2, 0.25) is 0 Å². The number of hydrogen-bond acceptors (Lipinski definition) is 6. The molecule has 0 bridgehead atoms. The van der Waals surface area contributed by atoms with Gasteiger partial charge >= 0.3 is 0 Å². The van der Waals surface area contributed by atoms with Crippen molar-refractivity contribution in [3.8, 4) is 5.75 Å². The summed E-state index contributed by atoms with van der Waals surface area (Å²) in [5.74, 6) is 1.22. The van der Waals surface area contributed by atoms with Crippen LogP contribution in [-0.2, 0) is 10.5 Å². The molecule has 0 aliphatic heterocycles. The average molecular weight is 335 g/mol. The molecule has 1 heterocycles. The molecule has 122 valence electrons. The quantitative estimate of drug-likeness (QED) is 0.542. The van der Waals surface area contributed by atoms with E-state index in [9.17, 15) is 14.9 Å². The number of methoxy groups -OCH3 is 1. The van der Waals surface area contributed by atoms with E-state index in [0.29, 0.717) is 11.5 Å². The Morgan fingerprint density at radius 2 is 2.09 bits per heavy atom. The van der Waals surface area contributed by atoms with E-state index in [1.165, 1.54) is 6.26 Å².